The van der Waals surface area contributed by atoms with E-state index < -0.39 is 10.8 Å². The summed E-state index contributed by atoms with van der Waals surface area (Å²) in [6, 6.07) is 16.8. The fourth-order valence-electron chi connectivity index (χ4n) is 2.60. The molecule has 164 valence electrons. The second-order valence-electron chi connectivity index (χ2n) is 6.36. The Hall–Kier alpha value is -3.92. The first-order chi connectivity index (χ1) is 15.5. The highest BCUT2D eigenvalue weighted by Crippen LogP contribution is 2.27. The zero-order valence-corrected chi connectivity index (χ0v) is 18.0. The molecule has 9 nitrogen and oxygen atoms in total. The van der Waals surface area contributed by atoms with Crippen LogP contribution in [0, 0.1) is 10.1 Å². The summed E-state index contributed by atoms with van der Waals surface area (Å²) in [5, 5.41) is 15.5. The molecular formula is C22H20N4O5S. The maximum Gasteiger partial charge on any atom is 0.277 e. The number of nitrogens with one attached hydrogen (secondary N) is 1. The maximum atomic E-state index is 11.9. The average Bonchev–Trinajstić information content (AvgIpc) is 2.82. The van der Waals surface area contributed by atoms with Crippen molar-refractivity contribution in [3.8, 4) is 11.5 Å². The third-order valence-electron chi connectivity index (χ3n) is 4.14. The number of pyridine rings is 1. The molecule has 32 heavy (non-hydrogen) atoms. The Bertz CT molecular complexity index is 1090. The molecule has 0 aliphatic heterocycles. The number of amides is 1. The number of nitrogens with zero attached hydrogens (tertiary/aromatic N) is 3. The van der Waals surface area contributed by atoms with Gasteiger partial charge in [0.1, 0.15) is 11.5 Å². The number of hydrazone groups is 1. The Kier molecular flexibility index (Phi) is 8.15. The van der Waals surface area contributed by atoms with E-state index in [1.54, 1.807) is 25.1 Å². The van der Waals surface area contributed by atoms with Crippen LogP contribution in [0.5, 0.6) is 11.5 Å². The van der Waals surface area contributed by atoms with Crippen LogP contribution in [0.1, 0.15) is 11.1 Å². The number of carbonyl (C=O) groups is 1. The number of thioether (sulfide) groups is 1. The molecule has 0 aliphatic carbocycles. The Balaban J connectivity index is 1.52. The highest BCUT2D eigenvalue weighted by atomic mass is 32.2. The molecule has 0 spiro atoms. The molecule has 0 bridgehead atoms. The van der Waals surface area contributed by atoms with Crippen molar-refractivity contribution < 1.29 is 19.2 Å². The molecule has 0 fully saturated rings. The summed E-state index contributed by atoms with van der Waals surface area (Å²) >= 11 is 1.59. The van der Waals surface area contributed by atoms with E-state index in [4.69, 9.17) is 9.47 Å². The van der Waals surface area contributed by atoms with Gasteiger partial charge in [-0.15, -0.1) is 11.8 Å². The van der Waals surface area contributed by atoms with Crippen molar-refractivity contribution in [1.29, 1.82) is 0 Å². The molecule has 0 radical (unpaired) electrons. The number of aromatic nitrogens is 1. The Labute approximate surface area is 188 Å². The number of nitro benzene ring substituents is 1. The average molecular weight is 452 g/mol. The molecule has 0 saturated carbocycles. The van der Waals surface area contributed by atoms with Crippen LogP contribution < -0.4 is 14.9 Å². The van der Waals surface area contributed by atoms with E-state index in [-0.39, 0.29) is 12.3 Å². The molecule has 0 aliphatic rings. The maximum absolute atomic E-state index is 11.9. The van der Waals surface area contributed by atoms with Crippen molar-refractivity contribution in [2.75, 3.05) is 13.7 Å². The first kappa shape index (κ1) is 22.8. The van der Waals surface area contributed by atoms with Gasteiger partial charge in [0.05, 0.1) is 23.3 Å². The molecule has 0 atom stereocenters. The van der Waals surface area contributed by atoms with Gasteiger partial charge in [0.15, 0.2) is 6.61 Å². The number of ether oxygens (including phenoxy) is 2. The molecule has 10 heteroatoms. The van der Waals surface area contributed by atoms with Gasteiger partial charge in [0.25, 0.3) is 11.6 Å². The summed E-state index contributed by atoms with van der Waals surface area (Å²) in [4.78, 5) is 26.4. The van der Waals surface area contributed by atoms with Crippen LogP contribution in [0.2, 0.25) is 0 Å². The van der Waals surface area contributed by atoms with Gasteiger partial charge < -0.3 is 9.47 Å². The fourth-order valence-corrected chi connectivity index (χ4v) is 3.44. The van der Waals surface area contributed by atoms with Gasteiger partial charge in [-0.3, -0.25) is 14.9 Å². The number of benzene rings is 2. The van der Waals surface area contributed by atoms with Crippen molar-refractivity contribution in [3.63, 3.8) is 0 Å². The molecule has 1 aromatic heterocycles. The van der Waals surface area contributed by atoms with Gasteiger partial charge in [0.2, 0.25) is 0 Å². The second kappa shape index (κ2) is 11.5. The van der Waals surface area contributed by atoms with Crippen molar-refractivity contribution in [2.45, 2.75) is 10.8 Å². The van der Waals surface area contributed by atoms with Crippen LogP contribution >= 0.6 is 11.8 Å². The van der Waals surface area contributed by atoms with Crippen molar-refractivity contribution >= 4 is 29.6 Å². The lowest BCUT2D eigenvalue weighted by atomic mass is 10.1. The lowest BCUT2D eigenvalue weighted by molar-refractivity contribution is -0.384. The molecular weight excluding hydrogens is 432 g/mol. The largest absolute Gasteiger partial charge is 0.496 e. The molecule has 0 saturated heterocycles. The third kappa shape index (κ3) is 6.81. The molecule has 3 aromatic rings. The first-order valence-electron chi connectivity index (χ1n) is 9.45. The van der Waals surface area contributed by atoms with E-state index in [0.29, 0.717) is 11.5 Å². The summed E-state index contributed by atoms with van der Waals surface area (Å²) in [6.07, 6.45) is 3.27. The SMILES string of the molecule is COc1ccc(/C=N\NC(=O)COc2ccc([N+](=O)[O-])cc2)cc1CSc1ccccn1. The van der Waals surface area contributed by atoms with Gasteiger partial charge >= 0.3 is 0 Å². The normalized spacial score (nSPS) is 10.7. The summed E-state index contributed by atoms with van der Waals surface area (Å²) in [5.41, 5.74) is 4.10. The number of rotatable bonds is 10. The highest BCUT2D eigenvalue weighted by Gasteiger charge is 2.07. The minimum Gasteiger partial charge on any atom is -0.496 e. The topological polar surface area (TPSA) is 116 Å². The van der Waals surface area contributed by atoms with Gasteiger partial charge in [-0.2, -0.15) is 5.10 Å². The molecule has 1 amide bonds. The third-order valence-corrected chi connectivity index (χ3v) is 5.13. The summed E-state index contributed by atoms with van der Waals surface area (Å²) in [5.74, 6) is 1.31. The summed E-state index contributed by atoms with van der Waals surface area (Å²) in [6.45, 7) is -0.274. The molecule has 3 rings (SSSR count). The lowest BCUT2D eigenvalue weighted by Crippen LogP contribution is -2.24. The minimum absolute atomic E-state index is 0.0521. The van der Waals surface area contributed by atoms with Crippen molar-refractivity contribution in [2.24, 2.45) is 5.10 Å². The van der Waals surface area contributed by atoms with E-state index in [1.807, 2.05) is 36.4 Å². The predicted molar refractivity (Wildman–Crippen MR) is 121 cm³/mol. The number of hydrogen-bond acceptors (Lipinski definition) is 8. The van der Waals surface area contributed by atoms with E-state index in [9.17, 15) is 14.9 Å². The minimum atomic E-state index is -0.507. The van der Waals surface area contributed by atoms with Crippen molar-refractivity contribution in [1.82, 2.24) is 10.4 Å². The number of nitro groups is 1. The monoisotopic (exact) mass is 452 g/mol. The van der Waals surface area contributed by atoms with Crippen molar-refractivity contribution in [3.05, 3.63) is 88.1 Å². The van der Waals surface area contributed by atoms with E-state index >= 15 is 0 Å². The quantitative estimate of drug-likeness (QED) is 0.215. The fraction of sp³-hybridized carbons (Fsp3) is 0.136. The standard InChI is InChI=1S/C22H20N4O5S/c1-30-20-10-5-16(12-17(20)15-32-22-4-2-3-11-23-22)13-24-25-21(27)14-31-19-8-6-18(7-9-19)26(28)29/h2-13H,14-15H2,1H3,(H,25,27)/b24-13-. The Morgan fingerprint density at radius 1 is 1.22 bits per heavy atom. The van der Waals surface area contributed by atoms with Crippen LogP contribution in [-0.4, -0.2) is 35.7 Å². The van der Waals surface area contributed by atoms with Crippen LogP contribution in [0.15, 0.2) is 77.0 Å². The summed E-state index contributed by atoms with van der Waals surface area (Å²) in [7, 11) is 1.61. The van der Waals surface area contributed by atoms with Gasteiger partial charge in [0, 0.05) is 29.6 Å². The number of carbonyl (C=O) groups excluding carboxylic acids is 1. The smallest absolute Gasteiger partial charge is 0.277 e. The Morgan fingerprint density at radius 2 is 2.03 bits per heavy atom. The van der Waals surface area contributed by atoms with Crippen LogP contribution in [-0.2, 0) is 10.5 Å². The van der Waals surface area contributed by atoms with Gasteiger partial charge in [-0.1, -0.05) is 6.07 Å². The highest BCUT2D eigenvalue weighted by molar-refractivity contribution is 7.98. The van der Waals surface area contributed by atoms with Crippen LogP contribution in [0.25, 0.3) is 0 Å². The summed E-state index contributed by atoms with van der Waals surface area (Å²) < 4.78 is 10.7. The molecule has 1 heterocycles. The molecule has 2 aromatic carbocycles. The van der Waals surface area contributed by atoms with Crippen LogP contribution in [0.4, 0.5) is 5.69 Å². The second-order valence-corrected chi connectivity index (χ2v) is 7.36. The zero-order chi connectivity index (χ0) is 22.8. The Morgan fingerprint density at radius 3 is 2.72 bits per heavy atom. The van der Waals surface area contributed by atoms with E-state index in [2.05, 4.69) is 15.5 Å². The number of non-ortho nitro benzene ring substituents is 1. The molecule has 1 N–H and O–H groups in total. The molecule has 0 unspecified atom stereocenters. The predicted octanol–water partition coefficient (Wildman–Crippen LogP) is 3.82. The van der Waals surface area contributed by atoms with Gasteiger partial charge in [-0.25, -0.2) is 10.4 Å². The number of methoxy groups -OCH3 is 1. The zero-order valence-electron chi connectivity index (χ0n) is 17.1. The van der Waals surface area contributed by atoms with Gasteiger partial charge in [-0.05, 0) is 48.0 Å². The van der Waals surface area contributed by atoms with E-state index in [0.717, 1.165) is 21.9 Å². The first-order valence-corrected chi connectivity index (χ1v) is 10.4. The van der Waals surface area contributed by atoms with E-state index in [1.165, 1.54) is 30.5 Å². The lowest BCUT2D eigenvalue weighted by Gasteiger charge is -2.09. The number of hydrogen-bond donors (Lipinski definition) is 1. The van der Waals surface area contributed by atoms with Crippen LogP contribution in [0.3, 0.4) is 0 Å².